The summed E-state index contributed by atoms with van der Waals surface area (Å²) in [6.07, 6.45) is 0. The molecule has 4 heteroatoms. The lowest BCUT2D eigenvalue weighted by Gasteiger charge is -1.93. The maximum absolute atomic E-state index is 5.42. The minimum atomic E-state index is 0.702. The first kappa shape index (κ1) is 11.2. The van der Waals surface area contributed by atoms with Gasteiger partial charge in [-0.05, 0) is 0 Å². The molecule has 0 aliphatic carbocycles. The van der Waals surface area contributed by atoms with Crippen LogP contribution in [0.1, 0.15) is 5.69 Å². The van der Waals surface area contributed by atoms with Gasteiger partial charge in [0.2, 0.25) is 0 Å². The van der Waals surface area contributed by atoms with Gasteiger partial charge in [0.1, 0.15) is 0 Å². The van der Waals surface area contributed by atoms with Gasteiger partial charge in [0.15, 0.2) is 5.76 Å². The summed E-state index contributed by atoms with van der Waals surface area (Å²) in [6, 6.07) is 12.0. The SMILES string of the molecule is NCCSCc1cc(-c2ccccc2)on1. The van der Waals surface area contributed by atoms with E-state index in [1.165, 1.54) is 0 Å². The fourth-order valence-corrected chi connectivity index (χ4v) is 2.03. The van der Waals surface area contributed by atoms with Gasteiger partial charge in [0.05, 0.1) is 5.69 Å². The maximum Gasteiger partial charge on any atom is 0.167 e. The van der Waals surface area contributed by atoms with Crippen molar-refractivity contribution in [3.8, 4) is 11.3 Å². The molecule has 0 aliphatic rings. The molecular formula is C12H14N2OS. The van der Waals surface area contributed by atoms with E-state index in [-0.39, 0.29) is 0 Å². The molecule has 1 heterocycles. The number of rotatable bonds is 5. The molecule has 0 amide bonds. The number of hydrogen-bond acceptors (Lipinski definition) is 4. The molecule has 0 unspecified atom stereocenters. The summed E-state index contributed by atoms with van der Waals surface area (Å²) in [5.74, 6) is 2.63. The van der Waals surface area contributed by atoms with Crippen LogP contribution < -0.4 is 5.73 Å². The van der Waals surface area contributed by atoms with Crippen LogP contribution in [0.25, 0.3) is 11.3 Å². The van der Waals surface area contributed by atoms with E-state index in [1.54, 1.807) is 11.8 Å². The van der Waals surface area contributed by atoms with Gasteiger partial charge in [-0.2, -0.15) is 11.8 Å². The van der Waals surface area contributed by atoms with Gasteiger partial charge in [-0.1, -0.05) is 35.5 Å². The number of benzene rings is 1. The van der Waals surface area contributed by atoms with Crippen LogP contribution in [-0.2, 0) is 5.75 Å². The van der Waals surface area contributed by atoms with E-state index >= 15 is 0 Å². The van der Waals surface area contributed by atoms with Crippen molar-refractivity contribution in [1.82, 2.24) is 5.16 Å². The number of nitrogens with zero attached hydrogens (tertiary/aromatic N) is 1. The summed E-state index contributed by atoms with van der Waals surface area (Å²) in [7, 11) is 0. The van der Waals surface area contributed by atoms with Crippen molar-refractivity contribution in [3.05, 3.63) is 42.1 Å². The molecule has 3 nitrogen and oxygen atoms in total. The average molecular weight is 234 g/mol. The Hall–Kier alpha value is -1.26. The lowest BCUT2D eigenvalue weighted by molar-refractivity contribution is 0.426. The van der Waals surface area contributed by atoms with Gasteiger partial charge in [0, 0.05) is 29.7 Å². The zero-order valence-electron chi connectivity index (χ0n) is 8.93. The second kappa shape index (κ2) is 5.72. The summed E-state index contributed by atoms with van der Waals surface area (Å²) in [6.45, 7) is 0.702. The molecule has 0 bridgehead atoms. The molecule has 2 rings (SSSR count). The van der Waals surface area contributed by atoms with Crippen molar-refractivity contribution in [3.63, 3.8) is 0 Å². The fraction of sp³-hybridized carbons (Fsp3) is 0.250. The van der Waals surface area contributed by atoms with E-state index in [1.807, 2.05) is 36.4 Å². The Bertz CT molecular complexity index is 428. The van der Waals surface area contributed by atoms with Crippen LogP contribution in [0.2, 0.25) is 0 Å². The molecule has 1 aromatic heterocycles. The monoisotopic (exact) mass is 234 g/mol. The van der Waals surface area contributed by atoms with Crippen molar-refractivity contribution in [2.45, 2.75) is 5.75 Å². The van der Waals surface area contributed by atoms with Crippen molar-refractivity contribution >= 4 is 11.8 Å². The zero-order valence-corrected chi connectivity index (χ0v) is 9.74. The quantitative estimate of drug-likeness (QED) is 0.808. The third-order valence-corrected chi connectivity index (χ3v) is 3.15. The van der Waals surface area contributed by atoms with Crippen LogP contribution >= 0.6 is 11.8 Å². The predicted octanol–water partition coefficient (Wildman–Crippen LogP) is 2.53. The van der Waals surface area contributed by atoms with Gasteiger partial charge in [0.25, 0.3) is 0 Å². The molecule has 0 spiro atoms. The highest BCUT2D eigenvalue weighted by atomic mass is 32.2. The standard InChI is InChI=1S/C12H14N2OS/c13-6-7-16-9-11-8-12(15-14-11)10-4-2-1-3-5-10/h1-5,8H,6-7,9,13H2. The maximum atomic E-state index is 5.42. The average Bonchev–Trinajstić information content (AvgIpc) is 2.79. The number of nitrogens with two attached hydrogens (primary N) is 1. The Kier molecular flexibility index (Phi) is 4.02. The van der Waals surface area contributed by atoms with Crippen LogP contribution in [-0.4, -0.2) is 17.5 Å². The Morgan fingerprint density at radius 2 is 2.06 bits per heavy atom. The molecule has 0 saturated heterocycles. The third-order valence-electron chi connectivity index (χ3n) is 2.13. The Morgan fingerprint density at radius 3 is 2.81 bits per heavy atom. The van der Waals surface area contributed by atoms with Crippen LogP contribution in [0.5, 0.6) is 0 Å². The summed E-state index contributed by atoms with van der Waals surface area (Å²) < 4.78 is 5.29. The van der Waals surface area contributed by atoms with E-state index in [0.29, 0.717) is 6.54 Å². The van der Waals surface area contributed by atoms with Crippen LogP contribution in [0, 0.1) is 0 Å². The van der Waals surface area contributed by atoms with E-state index in [4.69, 9.17) is 10.3 Å². The second-order valence-electron chi connectivity index (χ2n) is 3.39. The van der Waals surface area contributed by atoms with Crippen LogP contribution in [0.15, 0.2) is 40.9 Å². The molecule has 2 aromatic rings. The first-order chi connectivity index (χ1) is 7.90. The first-order valence-corrected chi connectivity index (χ1v) is 6.34. The van der Waals surface area contributed by atoms with E-state index in [2.05, 4.69) is 5.16 Å². The predicted molar refractivity (Wildman–Crippen MR) is 67.2 cm³/mol. The van der Waals surface area contributed by atoms with Gasteiger partial charge in [-0.3, -0.25) is 0 Å². The number of hydrogen-bond donors (Lipinski definition) is 1. The minimum absolute atomic E-state index is 0.702. The molecule has 1 aromatic carbocycles. The number of thioether (sulfide) groups is 1. The van der Waals surface area contributed by atoms with Gasteiger partial charge >= 0.3 is 0 Å². The topological polar surface area (TPSA) is 52.0 Å². The normalized spacial score (nSPS) is 10.6. The lowest BCUT2D eigenvalue weighted by Crippen LogP contribution is -2.01. The highest BCUT2D eigenvalue weighted by Crippen LogP contribution is 2.21. The molecular weight excluding hydrogens is 220 g/mol. The third kappa shape index (κ3) is 2.87. The summed E-state index contributed by atoms with van der Waals surface area (Å²) in [5, 5.41) is 4.03. The second-order valence-corrected chi connectivity index (χ2v) is 4.49. The molecule has 0 fully saturated rings. The van der Waals surface area contributed by atoms with Gasteiger partial charge < -0.3 is 10.3 Å². The Morgan fingerprint density at radius 1 is 1.25 bits per heavy atom. The first-order valence-electron chi connectivity index (χ1n) is 5.19. The smallest absolute Gasteiger partial charge is 0.167 e. The van der Waals surface area contributed by atoms with Crippen molar-refractivity contribution in [2.24, 2.45) is 5.73 Å². The number of aromatic nitrogens is 1. The largest absolute Gasteiger partial charge is 0.356 e. The molecule has 0 saturated carbocycles. The van der Waals surface area contributed by atoms with Crippen molar-refractivity contribution < 1.29 is 4.52 Å². The van der Waals surface area contributed by atoms with Crippen molar-refractivity contribution in [2.75, 3.05) is 12.3 Å². The van der Waals surface area contributed by atoms with Crippen LogP contribution in [0.4, 0.5) is 0 Å². The lowest BCUT2D eigenvalue weighted by atomic mass is 10.2. The fourth-order valence-electron chi connectivity index (χ4n) is 1.38. The Labute approximate surface area is 99.0 Å². The summed E-state index contributed by atoms with van der Waals surface area (Å²) in [5.41, 5.74) is 7.45. The molecule has 2 N–H and O–H groups in total. The van der Waals surface area contributed by atoms with E-state index < -0.39 is 0 Å². The Balaban J connectivity index is 2.02. The molecule has 0 aliphatic heterocycles. The van der Waals surface area contributed by atoms with Crippen LogP contribution in [0.3, 0.4) is 0 Å². The highest BCUT2D eigenvalue weighted by molar-refractivity contribution is 7.98. The molecule has 84 valence electrons. The zero-order chi connectivity index (χ0) is 11.2. The molecule has 0 radical (unpaired) electrons. The highest BCUT2D eigenvalue weighted by Gasteiger charge is 2.05. The summed E-state index contributed by atoms with van der Waals surface area (Å²) >= 11 is 1.77. The molecule has 16 heavy (non-hydrogen) atoms. The minimum Gasteiger partial charge on any atom is -0.356 e. The van der Waals surface area contributed by atoms with E-state index in [9.17, 15) is 0 Å². The van der Waals surface area contributed by atoms with Crippen molar-refractivity contribution in [1.29, 1.82) is 0 Å². The van der Waals surface area contributed by atoms with Gasteiger partial charge in [-0.25, -0.2) is 0 Å². The van der Waals surface area contributed by atoms with Gasteiger partial charge in [-0.15, -0.1) is 0 Å². The molecule has 0 atom stereocenters. The summed E-state index contributed by atoms with van der Waals surface area (Å²) in [4.78, 5) is 0. The van der Waals surface area contributed by atoms with E-state index in [0.717, 1.165) is 28.5 Å².